The van der Waals surface area contributed by atoms with Crippen LogP contribution in [0.15, 0.2) is 57.5 Å². The van der Waals surface area contributed by atoms with Crippen LogP contribution in [-0.2, 0) is 19.8 Å². The van der Waals surface area contributed by atoms with E-state index < -0.39 is 0 Å². The lowest BCUT2D eigenvalue weighted by Crippen LogP contribution is -2.19. The zero-order valence-corrected chi connectivity index (χ0v) is 17.9. The number of thiazole rings is 1. The van der Waals surface area contributed by atoms with Gasteiger partial charge in [0.25, 0.3) is 5.91 Å². The Morgan fingerprint density at radius 2 is 1.90 bits per heavy atom. The highest BCUT2D eigenvalue weighted by Crippen LogP contribution is 2.28. The molecule has 1 N–H and O–H groups in total. The van der Waals surface area contributed by atoms with E-state index in [1.54, 1.807) is 46.3 Å². The molecule has 2 aromatic heterocycles. The Morgan fingerprint density at radius 3 is 2.66 bits per heavy atom. The van der Waals surface area contributed by atoms with Gasteiger partial charge in [-0.2, -0.15) is 0 Å². The summed E-state index contributed by atoms with van der Waals surface area (Å²) >= 11 is 3.22. The summed E-state index contributed by atoms with van der Waals surface area (Å²) < 4.78 is 3.16. The van der Waals surface area contributed by atoms with E-state index >= 15 is 0 Å². The molecule has 0 saturated heterocycles. The number of imidazole rings is 1. The van der Waals surface area contributed by atoms with Crippen molar-refractivity contribution < 1.29 is 4.79 Å². The van der Waals surface area contributed by atoms with Crippen molar-refractivity contribution in [3.05, 3.63) is 74.6 Å². The van der Waals surface area contributed by atoms with Gasteiger partial charge in [0.15, 0.2) is 0 Å². The first-order valence-corrected chi connectivity index (χ1v) is 10.9. The fourth-order valence-electron chi connectivity index (χ4n) is 3.19. The van der Waals surface area contributed by atoms with Crippen molar-refractivity contribution in [2.45, 2.75) is 17.6 Å². The first-order valence-electron chi connectivity index (χ1n) is 9.03. The number of rotatable bonds is 5. The molecular formula is C21H20N4O2S2. The lowest BCUT2D eigenvalue weighted by molar-refractivity contribution is 0.102. The number of amides is 1. The van der Waals surface area contributed by atoms with Crippen LogP contribution in [0.25, 0.3) is 11.0 Å². The molecule has 0 bridgehead atoms. The van der Waals surface area contributed by atoms with E-state index in [4.69, 9.17) is 0 Å². The monoisotopic (exact) mass is 424 g/mol. The number of aromatic nitrogens is 3. The molecule has 0 unspecified atom stereocenters. The van der Waals surface area contributed by atoms with Crippen molar-refractivity contribution in [1.29, 1.82) is 0 Å². The highest BCUT2D eigenvalue weighted by molar-refractivity contribution is 7.98. The molecular weight excluding hydrogens is 404 g/mol. The average Bonchev–Trinajstić information content (AvgIpc) is 3.23. The second-order valence-electron chi connectivity index (χ2n) is 6.70. The number of carbonyl (C=O) groups is 1. The number of nitrogens with zero attached hydrogens (tertiary/aromatic N) is 3. The second-order valence-corrected chi connectivity index (χ2v) is 8.78. The van der Waals surface area contributed by atoms with Crippen molar-refractivity contribution in [2.24, 2.45) is 14.1 Å². The molecule has 148 valence electrons. The van der Waals surface area contributed by atoms with Gasteiger partial charge in [-0.05, 0) is 37.3 Å². The van der Waals surface area contributed by atoms with Crippen LogP contribution in [0, 0.1) is 6.92 Å². The van der Waals surface area contributed by atoms with Crippen LogP contribution in [0.2, 0.25) is 0 Å². The Labute approximate surface area is 176 Å². The van der Waals surface area contributed by atoms with Gasteiger partial charge in [0.1, 0.15) is 0 Å². The number of benzene rings is 2. The minimum Gasteiger partial charge on any atom is -0.322 e. The van der Waals surface area contributed by atoms with Gasteiger partial charge in [-0.15, -0.1) is 23.1 Å². The summed E-state index contributed by atoms with van der Waals surface area (Å²) in [5.41, 5.74) is 3.79. The van der Waals surface area contributed by atoms with Crippen LogP contribution in [0.5, 0.6) is 0 Å². The van der Waals surface area contributed by atoms with Gasteiger partial charge in [0.05, 0.1) is 27.3 Å². The molecule has 29 heavy (non-hydrogen) atoms. The number of aryl methyl sites for hydroxylation is 3. The summed E-state index contributed by atoms with van der Waals surface area (Å²) in [6.45, 7) is 1.99. The quantitative estimate of drug-likeness (QED) is 0.488. The average molecular weight is 425 g/mol. The molecule has 4 aromatic rings. The molecule has 0 aliphatic heterocycles. The molecule has 8 heteroatoms. The molecule has 0 spiro atoms. The molecule has 2 heterocycles. The predicted molar refractivity (Wildman–Crippen MR) is 119 cm³/mol. The van der Waals surface area contributed by atoms with Crippen LogP contribution in [0.4, 0.5) is 5.69 Å². The summed E-state index contributed by atoms with van der Waals surface area (Å²) in [4.78, 5) is 30.4. The summed E-state index contributed by atoms with van der Waals surface area (Å²) in [5, 5.41) is 6.04. The van der Waals surface area contributed by atoms with E-state index in [-0.39, 0.29) is 11.6 Å². The van der Waals surface area contributed by atoms with Crippen molar-refractivity contribution >= 4 is 45.7 Å². The second kappa shape index (κ2) is 7.88. The number of hydrogen-bond donors (Lipinski definition) is 1. The zero-order valence-electron chi connectivity index (χ0n) is 16.3. The van der Waals surface area contributed by atoms with E-state index in [9.17, 15) is 9.59 Å². The Kier molecular flexibility index (Phi) is 5.29. The van der Waals surface area contributed by atoms with Gasteiger partial charge >= 0.3 is 5.69 Å². The molecule has 0 aliphatic rings. The number of anilines is 1. The number of thioether (sulfide) groups is 1. The van der Waals surface area contributed by atoms with Crippen LogP contribution in [-0.4, -0.2) is 20.0 Å². The minimum absolute atomic E-state index is 0.0949. The Bertz CT molecular complexity index is 1270. The largest absolute Gasteiger partial charge is 0.328 e. The first-order chi connectivity index (χ1) is 13.9. The van der Waals surface area contributed by atoms with E-state index in [2.05, 4.69) is 10.3 Å². The molecule has 4 rings (SSSR count). The van der Waals surface area contributed by atoms with Crippen LogP contribution in [0.3, 0.4) is 0 Å². The van der Waals surface area contributed by atoms with Crippen molar-refractivity contribution in [1.82, 2.24) is 14.1 Å². The molecule has 0 atom stereocenters. The van der Waals surface area contributed by atoms with Crippen LogP contribution in [0.1, 0.15) is 21.1 Å². The maximum Gasteiger partial charge on any atom is 0.328 e. The molecule has 0 radical (unpaired) electrons. The summed E-state index contributed by atoms with van der Waals surface area (Å²) in [5.74, 6) is 0.537. The van der Waals surface area contributed by atoms with E-state index in [0.29, 0.717) is 17.0 Å². The van der Waals surface area contributed by atoms with E-state index in [0.717, 1.165) is 26.6 Å². The summed E-state index contributed by atoms with van der Waals surface area (Å²) in [6, 6.07) is 13.0. The summed E-state index contributed by atoms with van der Waals surface area (Å²) in [7, 11) is 3.46. The topological polar surface area (TPSA) is 68.9 Å². The van der Waals surface area contributed by atoms with Gasteiger partial charge in [-0.3, -0.25) is 13.9 Å². The summed E-state index contributed by atoms with van der Waals surface area (Å²) in [6.07, 6.45) is 0. The highest BCUT2D eigenvalue weighted by Gasteiger charge is 2.14. The van der Waals surface area contributed by atoms with Crippen LogP contribution >= 0.6 is 23.1 Å². The molecule has 6 nitrogen and oxygen atoms in total. The number of nitrogens with one attached hydrogen (secondary N) is 1. The van der Waals surface area contributed by atoms with Gasteiger partial charge in [0, 0.05) is 35.8 Å². The van der Waals surface area contributed by atoms with Crippen molar-refractivity contribution in [2.75, 3.05) is 5.32 Å². The maximum absolute atomic E-state index is 12.9. The number of fused-ring (bicyclic) bond motifs is 1. The Morgan fingerprint density at radius 1 is 1.14 bits per heavy atom. The third-order valence-corrected chi connectivity index (χ3v) is 6.63. The van der Waals surface area contributed by atoms with Gasteiger partial charge in [0.2, 0.25) is 0 Å². The molecule has 2 aromatic carbocycles. The first kappa shape index (κ1) is 19.5. The SMILES string of the molecule is Cc1nc(CSc2ccccc2C(=O)Nc2ccc3c(c2)n(C)c(=O)n3C)cs1. The zero-order chi connectivity index (χ0) is 20.5. The Hall–Kier alpha value is -2.84. The lowest BCUT2D eigenvalue weighted by atomic mass is 10.2. The minimum atomic E-state index is -0.178. The maximum atomic E-state index is 12.9. The fraction of sp³-hybridized carbons (Fsp3) is 0.190. The molecule has 1 amide bonds. The van der Waals surface area contributed by atoms with E-state index in [1.807, 2.05) is 54.8 Å². The highest BCUT2D eigenvalue weighted by atomic mass is 32.2. The van der Waals surface area contributed by atoms with E-state index in [1.165, 1.54) is 0 Å². The van der Waals surface area contributed by atoms with Crippen molar-refractivity contribution in [3.8, 4) is 0 Å². The number of hydrogen-bond acceptors (Lipinski definition) is 5. The van der Waals surface area contributed by atoms with Crippen LogP contribution < -0.4 is 11.0 Å². The van der Waals surface area contributed by atoms with Crippen molar-refractivity contribution in [3.63, 3.8) is 0 Å². The normalized spacial score (nSPS) is 11.1. The Balaban J connectivity index is 1.56. The predicted octanol–water partition coefficient (Wildman–Crippen LogP) is 4.19. The van der Waals surface area contributed by atoms with Gasteiger partial charge in [-0.1, -0.05) is 12.1 Å². The molecule has 0 aliphatic carbocycles. The van der Waals surface area contributed by atoms with Gasteiger partial charge < -0.3 is 5.32 Å². The third-order valence-electron chi connectivity index (χ3n) is 4.70. The lowest BCUT2D eigenvalue weighted by Gasteiger charge is -2.10. The third kappa shape index (κ3) is 3.86. The molecule has 0 saturated carbocycles. The van der Waals surface area contributed by atoms with Gasteiger partial charge in [-0.25, -0.2) is 9.78 Å². The smallest absolute Gasteiger partial charge is 0.322 e. The molecule has 0 fully saturated rings. The number of carbonyl (C=O) groups excluding carboxylic acids is 1. The fourth-order valence-corrected chi connectivity index (χ4v) is 4.85. The standard InChI is InChI=1S/C21H20N4O2S2/c1-13-22-15(11-28-13)12-29-19-7-5-4-6-16(19)20(26)23-14-8-9-17-18(10-14)25(3)21(27)24(17)2/h4-11H,12H2,1-3H3,(H,23,26).